The molecule has 4 nitrogen and oxygen atoms in total. The minimum Gasteiger partial charge on any atom is -0.380 e. The van der Waals surface area contributed by atoms with Crippen molar-refractivity contribution in [2.45, 2.75) is 52.2 Å². The van der Waals surface area contributed by atoms with Gasteiger partial charge in [0, 0.05) is 31.0 Å². The van der Waals surface area contributed by atoms with Crippen molar-refractivity contribution in [3.8, 4) is 0 Å². The third kappa shape index (κ3) is 5.19. The number of hydrogen-bond acceptors (Lipinski definition) is 3. The molecule has 18 heavy (non-hydrogen) atoms. The van der Waals surface area contributed by atoms with E-state index in [-0.39, 0.29) is 0 Å². The van der Waals surface area contributed by atoms with Crippen molar-refractivity contribution in [3.63, 3.8) is 0 Å². The third-order valence-electron chi connectivity index (χ3n) is 3.16. The molecule has 1 saturated carbocycles. The van der Waals surface area contributed by atoms with Crippen molar-refractivity contribution < 1.29 is 4.74 Å². The van der Waals surface area contributed by atoms with Gasteiger partial charge in [0.2, 0.25) is 0 Å². The Morgan fingerprint density at radius 1 is 1.44 bits per heavy atom. The smallest absolute Gasteiger partial charge is 0.0662 e. The number of rotatable bonds is 9. The summed E-state index contributed by atoms with van der Waals surface area (Å²) in [6, 6.07) is 0.757. The topological polar surface area (TPSA) is 39.1 Å². The van der Waals surface area contributed by atoms with Gasteiger partial charge >= 0.3 is 0 Å². The minimum absolute atomic E-state index is 0.717. The molecule has 1 aromatic heterocycles. The van der Waals surface area contributed by atoms with E-state index < -0.39 is 0 Å². The van der Waals surface area contributed by atoms with Gasteiger partial charge in [-0.3, -0.25) is 4.68 Å². The Hall–Kier alpha value is -0.870. The van der Waals surface area contributed by atoms with Crippen LogP contribution in [0.5, 0.6) is 0 Å². The number of aromatic nitrogens is 2. The van der Waals surface area contributed by atoms with Crippen molar-refractivity contribution in [3.05, 3.63) is 18.0 Å². The lowest BCUT2D eigenvalue weighted by atomic mass is 10.1. The van der Waals surface area contributed by atoms with E-state index >= 15 is 0 Å². The Labute approximate surface area is 110 Å². The van der Waals surface area contributed by atoms with Crippen LogP contribution >= 0.6 is 0 Å². The zero-order valence-electron chi connectivity index (χ0n) is 11.6. The van der Waals surface area contributed by atoms with Gasteiger partial charge in [-0.1, -0.05) is 13.8 Å². The highest BCUT2D eigenvalue weighted by molar-refractivity contribution is 5.04. The Morgan fingerprint density at radius 3 is 3.00 bits per heavy atom. The lowest BCUT2D eigenvalue weighted by molar-refractivity contribution is 0.114. The fourth-order valence-electron chi connectivity index (χ4n) is 1.75. The van der Waals surface area contributed by atoms with Gasteiger partial charge in [0.25, 0.3) is 0 Å². The largest absolute Gasteiger partial charge is 0.380 e. The van der Waals surface area contributed by atoms with E-state index in [2.05, 4.69) is 30.5 Å². The van der Waals surface area contributed by atoms with E-state index in [0.29, 0.717) is 0 Å². The van der Waals surface area contributed by atoms with E-state index in [1.54, 1.807) is 0 Å². The summed E-state index contributed by atoms with van der Waals surface area (Å²) in [4.78, 5) is 0. The normalized spacial score (nSPS) is 15.5. The zero-order chi connectivity index (χ0) is 12.8. The number of nitrogens with one attached hydrogen (secondary N) is 1. The fourth-order valence-corrected chi connectivity index (χ4v) is 1.75. The molecule has 1 fully saturated rings. The van der Waals surface area contributed by atoms with Crippen LogP contribution < -0.4 is 5.32 Å². The summed E-state index contributed by atoms with van der Waals surface area (Å²) in [5, 5.41) is 7.83. The van der Waals surface area contributed by atoms with Crippen molar-refractivity contribution >= 4 is 0 Å². The highest BCUT2D eigenvalue weighted by Gasteiger charge is 2.20. The summed E-state index contributed by atoms with van der Waals surface area (Å²) in [7, 11) is 0. The lowest BCUT2D eigenvalue weighted by Crippen LogP contribution is -2.14. The van der Waals surface area contributed by atoms with Crippen LogP contribution in [0.25, 0.3) is 0 Å². The molecule has 0 aromatic carbocycles. The highest BCUT2D eigenvalue weighted by atomic mass is 16.5. The summed E-state index contributed by atoms with van der Waals surface area (Å²) >= 11 is 0. The molecule has 0 unspecified atom stereocenters. The molecule has 0 saturated heterocycles. The second-order valence-electron chi connectivity index (χ2n) is 5.56. The summed E-state index contributed by atoms with van der Waals surface area (Å²) < 4.78 is 7.56. The monoisotopic (exact) mass is 251 g/mol. The van der Waals surface area contributed by atoms with Gasteiger partial charge in [-0.2, -0.15) is 5.10 Å². The molecule has 0 atom stereocenters. The molecule has 0 aliphatic heterocycles. The molecule has 0 amide bonds. The van der Waals surface area contributed by atoms with Crippen LogP contribution in [0.2, 0.25) is 0 Å². The average Bonchev–Trinajstić information content (AvgIpc) is 3.06. The molecule has 1 aliphatic carbocycles. The summed E-state index contributed by atoms with van der Waals surface area (Å²) in [5.41, 5.74) is 1.27. The number of ether oxygens (including phenoxy) is 1. The van der Waals surface area contributed by atoms with Crippen LogP contribution in [0.3, 0.4) is 0 Å². The van der Waals surface area contributed by atoms with Gasteiger partial charge in [-0.15, -0.1) is 0 Å². The molecular formula is C14H25N3O. The zero-order valence-corrected chi connectivity index (χ0v) is 11.6. The molecule has 0 radical (unpaired) electrons. The first-order valence-corrected chi connectivity index (χ1v) is 7.06. The van der Waals surface area contributed by atoms with Gasteiger partial charge in [-0.05, 0) is 25.2 Å². The predicted molar refractivity (Wildman–Crippen MR) is 72.4 cm³/mol. The van der Waals surface area contributed by atoms with Gasteiger partial charge < -0.3 is 10.1 Å². The van der Waals surface area contributed by atoms with Crippen molar-refractivity contribution in [1.29, 1.82) is 0 Å². The van der Waals surface area contributed by atoms with Crippen LogP contribution in [-0.4, -0.2) is 29.0 Å². The first-order valence-electron chi connectivity index (χ1n) is 7.06. The molecule has 102 valence electrons. The van der Waals surface area contributed by atoms with Crippen LogP contribution in [0.1, 0.15) is 38.7 Å². The van der Waals surface area contributed by atoms with Crippen LogP contribution in [0.15, 0.2) is 12.4 Å². The van der Waals surface area contributed by atoms with Crippen LogP contribution in [0.4, 0.5) is 0 Å². The summed E-state index contributed by atoms with van der Waals surface area (Å²) in [6.07, 6.45) is 7.86. The Kier molecular flexibility index (Phi) is 5.20. The van der Waals surface area contributed by atoms with E-state index in [9.17, 15) is 0 Å². The molecule has 0 spiro atoms. The molecule has 4 heteroatoms. The van der Waals surface area contributed by atoms with Crippen molar-refractivity contribution in [1.82, 2.24) is 15.1 Å². The maximum absolute atomic E-state index is 5.59. The molecule has 1 aliphatic rings. The van der Waals surface area contributed by atoms with Crippen molar-refractivity contribution in [2.75, 3.05) is 13.2 Å². The molecular weight excluding hydrogens is 226 g/mol. The fraction of sp³-hybridized carbons (Fsp3) is 0.786. The highest BCUT2D eigenvalue weighted by Crippen LogP contribution is 2.19. The molecule has 0 bridgehead atoms. The Morgan fingerprint density at radius 2 is 2.28 bits per heavy atom. The van der Waals surface area contributed by atoms with Gasteiger partial charge in [-0.25, -0.2) is 0 Å². The molecule has 1 heterocycles. The minimum atomic E-state index is 0.717. The van der Waals surface area contributed by atoms with Gasteiger partial charge in [0.05, 0.1) is 19.3 Å². The van der Waals surface area contributed by atoms with E-state index in [0.717, 1.165) is 44.7 Å². The second kappa shape index (κ2) is 6.90. The van der Waals surface area contributed by atoms with E-state index in [4.69, 9.17) is 4.74 Å². The average molecular weight is 251 g/mol. The Bertz CT molecular complexity index is 345. The first kappa shape index (κ1) is 13.6. The van der Waals surface area contributed by atoms with Crippen molar-refractivity contribution in [2.24, 2.45) is 5.92 Å². The van der Waals surface area contributed by atoms with Gasteiger partial charge in [0.15, 0.2) is 0 Å². The first-order chi connectivity index (χ1) is 8.74. The maximum atomic E-state index is 5.59. The Balaban J connectivity index is 1.57. The predicted octanol–water partition coefficient (Wildman–Crippen LogP) is 2.20. The van der Waals surface area contributed by atoms with Crippen LogP contribution in [-0.2, 0) is 17.8 Å². The maximum Gasteiger partial charge on any atom is 0.0662 e. The molecule has 2 rings (SSSR count). The van der Waals surface area contributed by atoms with Crippen LogP contribution in [0, 0.1) is 5.92 Å². The number of nitrogens with zero attached hydrogens (tertiary/aromatic N) is 2. The SMILES string of the molecule is CC(C)CCOCCn1cc(CNC2CC2)cn1. The summed E-state index contributed by atoms with van der Waals surface area (Å²) in [6.45, 7) is 7.84. The van der Waals surface area contributed by atoms with E-state index in [1.165, 1.54) is 18.4 Å². The lowest BCUT2D eigenvalue weighted by Gasteiger charge is -2.06. The summed E-state index contributed by atoms with van der Waals surface area (Å²) in [5.74, 6) is 0.717. The van der Waals surface area contributed by atoms with Gasteiger partial charge in [0.1, 0.15) is 0 Å². The third-order valence-corrected chi connectivity index (χ3v) is 3.16. The quantitative estimate of drug-likeness (QED) is 0.684. The molecule has 1 N–H and O–H groups in total. The molecule has 1 aromatic rings. The number of hydrogen-bond donors (Lipinski definition) is 1. The van der Waals surface area contributed by atoms with E-state index in [1.807, 2.05) is 10.9 Å². The standard InChI is InChI=1S/C14H25N3O/c1-12(2)5-7-18-8-6-17-11-13(10-16-17)9-15-14-3-4-14/h10-12,14-15H,3-9H2,1-2H3. The second-order valence-corrected chi connectivity index (χ2v) is 5.56.